The topological polar surface area (TPSA) is 102 Å². The second-order valence-electron chi connectivity index (χ2n) is 5.91. The third-order valence-electron chi connectivity index (χ3n) is 3.53. The van der Waals surface area contributed by atoms with E-state index >= 15 is 0 Å². The fourth-order valence-electron chi connectivity index (χ4n) is 2.27. The maximum Gasteiger partial charge on any atom is 0.355 e. The Hall–Kier alpha value is -3.74. The highest BCUT2D eigenvalue weighted by atomic mass is 16.5. The minimum Gasteiger partial charge on any atom is -0.451 e. The lowest BCUT2D eigenvalue weighted by atomic mass is 10.1. The van der Waals surface area contributed by atoms with Gasteiger partial charge in [-0.15, -0.1) is 0 Å². The van der Waals surface area contributed by atoms with Crippen molar-refractivity contribution in [1.29, 1.82) is 0 Å². The Morgan fingerprint density at radius 2 is 1.68 bits per heavy atom. The van der Waals surface area contributed by atoms with Crippen LogP contribution in [0.15, 0.2) is 60.3 Å². The van der Waals surface area contributed by atoms with Gasteiger partial charge in [0.15, 0.2) is 12.4 Å². The van der Waals surface area contributed by atoms with E-state index in [1.807, 2.05) is 6.07 Å². The van der Waals surface area contributed by atoms with E-state index in [2.05, 4.69) is 10.6 Å². The first-order valence-electron chi connectivity index (χ1n) is 8.47. The van der Waals surface area contributed by atoms with Crippen LogP contribution >= 0.6 is 0 Å². The van der Waals surface area contributed by atoms with E-state index in [0.717, 1.165) is 0 Å². The van der Waals surface area contributed by atoms with Gasteiger partial charge in [-0.1, -0.05) is 42.5 Å². The van der Waals surface area contributed by atoms with Crippen LogP contribution < -0.4 is 10.6 Å². The number of nitrogens with one attached hydrogen (secondary N) is 2. The van der Waals surface area contributed by atoms with Gasteiger partial charge in [-0.3, -0.25) is 14.4 Å². The van der Waals surface area contributed by atoms with Crippen LogP contribution in [-0.2, 0) is 19.1 Å². The van der Waals surface area contributed by atoms with Crippen molar-refractivity contribution in [1.82, 2.24) is 5.32 Å². The van der Waals surface area contributed by atoms with Crippen molar-refractivity contribution in [2.45, 2.75) is 13.8 Å². The van der Waals surface area contributed by atoms with Crippen molar-refractivity contribution >= 4 is 35.3 Å². The van der Waals surface area contributed by atoms with Gasteiger partial charge in [0.05, 0.1) is 0 Å². The third-order valence-corrected chi connectivity index (χ3v) is 3.53. The Balaban J connectivity index is 2.00. The standard InChI is InChI=1S/C21H20N2O5/c1-14(24)17-9-6-10-18(12-17)23-20(26)13-28-21(27)19(22-15(2)25)11-16-7-4-3-5-8-16/h3-12H,13H2,1-2H3,(H,22,25)(H,23,26)/b19-11-. The highest BCUT2D eigenvalue weighted by Crippen LogP contribution is 2.11. The number of rotatable bonds is 7. The molecule has 0 heterocycles. The summed E-state index contributed by atoms with van der Waals surface area (Å²) in [6, 6.07) is 15.3. The summed E-state index contributed by atoms with van der Waals surface area (Å²) in [5, 5.41) is 4.95. The molecule has 0 bridgehead atoms. The Bertz CT molecular complexity index is 919. The summed E-state index contributed by atoms with van der Waals surface area (Å²) in [5.74, 6) is -1.99. The summed E-state index contributed by atoms with van der Waals surface area (Å²) < 4.78 is 4.99. The molecule has 0 spiro atoms. The molecule has 7 heteroatoms. The molecule has 2 aromatic carbocycles. The number of benzene rings is 2. The number of Topliss-reactive ketones (excluding diaryl/α,β-unsaturated/α-hetero) is 1. The summed E-state index contributed by atoms with van der Waals surface area (Å²) >= 11 is 0. The summed E-state index contributed by atoms with van der Waals surface area (Å²) in [6.07, 6.45) is 1.46. The first kappa shape index (κ1) is 20.6. The smallest absolute Gasteiger partial charge is 0.355 e. The van der Waals surface area contributed by atoms with Crippen LogP contribution in [0.2, 0.25) is 0 Å². The molecule has 0 unspecified atom stereocenters. The summed E-state index contributed by atoms with van der Waals surface area (Å²) in [7, 11) is 0. The summed E-state index contributed by atoms with van der Waals surface area (Å²) in [6.45, 7) is 2.14. The molecule has 0 saturated carbocycles. The van der Waals surface area contributed by atoms with Gasteiger partial charge >= 0.3 is 5.97 Å². The highest BCUT2D eigenvalue weighted by molar-refractivity contribution is 6.00. The fraction of sp³-hybridized carbons (Fsp3) is 0.143. The van der Waals surface area contributed by atoms with E-state index in [0.29, 0.717) is 16.8 Å². The van der Waals surface area contributed by atoms with E-state index < -0.39 is 24.4 Å². The van der Waals surface area contributed by atoms with Gasteiger partial charge in [-0.05, 0) is 30.7 Å². The van der Waals surface area contributed by atoms with Gasteiger partial charge in [0, 0.05) is 18.2 Å². The first-order valence-corrected chi connectivity index (χ1v) is 8.47. The molecule has 2 rings (SSSR count). The van der Waals surface area contributed by atoms with Gasteiger partial charge in [0.1, 0.15) is 5.70 Å². The number of ether oxygens (including phenoxy) is 1. The van der Waals surface area contributed by atoms with Gasteiger partial charge in [0.2, 0.25) is 5.91 Å². The number of carbonyl (C=O) groups excluding carboxylic acids is 4. The van der Waals surface area contributed by atoms with Gasteiger partial charge in [-0.2, -0.15) is 0 Å². The van der Waals surface area contributed by atoms with Crippen molar-refractivity contribution in [3.8, 4) is 0 Å². The van der Waals surface area contributed by atoms with Crippen molar-refractivity contribution in [2.24, 2.45) is 0 Å². The normalized spacial score (nSPS) is 10.7. The molecule has 0 saturated heterocycles. The zero-order chi connectivity index (χ0) is 20.5. The molecular formula is C21H20N2O5. The number of esters is 1. The lowest BCUT2D eigenvalue weighted by Crippen LogP contribution is -2.28. The minimum atomic E-state index is -0.841. The van der Waals surface area contributed by atoms with E-state index in [9.17, 15) is 19.2 Å². The minimum absolute atomic E-state index is 0.0786. The van der Waals surface area contributed by atoms with Crippen LogP contribution in [0.3, 0.4) is 0 Å². The Morgan fingerprint density at radius 3 is 2.32 bits per heavy atom. The predicted octanol–water partition coefficient (Wildman–Crippen LogP) is 2.55. The van der Waals surface area contributed by atoms with E-state index in [-0.39, 0.29) is 11.5 Å². The molecule has 28 heavy (non-hydrogen) atoms. The maximum absolute atomic E-state index is 12.3. The first-order chi connectivity index (χ1) is 13.3. The van der Waals surface area contributed by atoms with Gasteiger partial charge in [0.25, 0.3) is 5.91 Å². The largest absolute Gasteiger partial charge is 0.451 e. The van der Waals surface area contributed by atoms with Gasteiger partial charge in [-0.25, -0.2) is 4.79 Å². The lowest BCUT2D eigenvalue weighted by Gasteiger charge is -2.10. The van der Waals surface area contributed by atoms with Crippen LogP contribution in [0.1, 0.15) is 29.8 Å². The molecule has 0 aromatic heterocycles. The third kappa shape index (κ3) is 6.53. The molecule has 0 atom stereocenters. The molecule has 7 nitrogen and oxygen atoms in total. The number of hydrogen-bond donors (Lipinski definition) is 2. The number of carbonyl (C=O) groups is 4. The number of hydrogen-bond acceptors (Lipinski definition) is 5. The second-order valence-corrected chi connectivity index (χ2v) is 5.91. The van der Waals surface area contributed by atoms with E-state index in [1.165, 1.54) is 26.0 Å². The molecule has 2 amide bonds. The number of ketones is 1. The van der Waals surface area contributed by atoms with Crippen LogP contribution in [0.25, 0.3) is 6.08 Å². The molecule has 2 N–H and O–H groups in total. The van der Waals surface area contributed by atoms with Crippen LogP contribution in [0, 0.1) is 0 Å². The van der Waals surface area contributed by atoms with E-state index in [4.69, 9.17) is 4.74 Å². The second kappa shape index (κ2) is 9.82. The Morgan fingerprint density at radius 1 is 0.964 bits per heavy atom. The average Bonchev–Trinajstić information content (AvgIpc) is 2.66. The monoisotopic (exact) mass is 380 g/mol. The quantitative estimate of drug-likeness (QED) is 0.437. The lowest BCUT2D eigenvalue weighted by molar-refractivity contribution is -0.144. The Labute approximate surface area is 162 Å². The van der Waals surface area contributed by atoms with Crippen LogP contribution in [0.5, 0.6) is 0 Å². The molecule has 0 aliphatic heterocycles. The summed E-state index contributed by atoms with van der Waals surface area (Å²) in [4.78, 5) is 47.0. The zero-order valence-corrected chi connectivity index (χ0v) is 15.5. The molecule has 144 valence electrons. The number of amides is 2. The van der Waals surface area contributed by atoms with E-state index in [1.54, 1.807) is 42.5 Å². The molecule has 0 fully saturated rings. The Kier molecular flexibility index (Phi) is 7.21. The molecular weight excluding hydrogens is 360 g/mol. The molecule has 2 aromatic rings. The van der Waals surface area contributed by atoms with Gasteiger partial charge < -0.3 is 15.4 Å². The highest BCUT2D eigenvalue weighted by Gasteiger charge is 2.15. The van der Waals surface area contributed by atoms with Crippen molar-refractivity contribution in [2.75, 3.05) is 11.9 Å². The number of anilines is 1. The molecule has 0 radical (unpaired) electrons. The van der Waals surface area contributed by atoms with Crippen LogP contribution in [-0.4, -0.2) is 30.2 Å². The summed E-state index contributed by atoms with van der Waals surface area (Å²) in [5.41, 5.74) is 1.47. The van der Waals surface area contributed by atoms with Crippen molar-refractivity contribution in [3.05, 3.63) is 71.4 Å². The average molecular weight is 380 g/mol. The van der Waals surface area contributed by atoms with Crippen molar-refractivity contribution in [3.63, 3.8) is 0 Å². The molecule has 0 aliphatic rings. The SMILES string of the molecule is CC(=O)N/C(=C\c1ccccc1)C(=O)OCC(=O)Nc1cccc(C(C)=O)c1. The maximum atomic E-state index is 12.3. The fourth-order valence-corrected chi connectivity index (χ4v) is 2.27. The van der Waals surface area contributed by atoms with Crippen molar-refractivity contribution < 1.29 is 23.9 Å². The van der Waals surface area contributed by atoms with Crippen LogP contribution in [0.4, 0.5) is 5.69 Å². The zero-order valence-electron chi connectivity index (χ0n) is 15.5. The predicted molar refractivity (Wildman–Crippen MR) is 104 cm³/mol. The molecule has 0 aliphatic carbocycles.